The number of piperazine rings is 1. The largest absolute Gasteiger partial charge is 0.495 e. The van der Waals surface area contributed by atoms with Crippen LogP contribution in [0.25, 0.3) is 0 Å². The number of methoxy groups -OCH3 is 1. The first-order valence-corrected chi connectivity index (χ1v) is 7.14. The second-order valence-corrected chi connectivity index (χ2v) is 5.12. The van der Waals surface area contributed by atoms with Crippen LogP contribution in [0.2, 0.25) is 0 Å². The molecule has 1 fully saturated rings. The number of aromatic nitrogens is 2. The molecule has 0 radical (unpaired) electrons. The Labute approximate surface area is 127 Å². The predicted octanol–water partition coefficient (Wildman–Crippen LogP) is 0.674. The molecule has 2 heterocycles. The van der Waals surface area contributed by atoms with Gasteiger partial charge in [-0.15, -0.1) is 0 Å². The van der Waals surface area contributed by atoms with Crippen LogP contribution in [0, 0.1) is 0 Å². The van der Waals surface area contributed by atoms with Crippen molar-refractivity contribution >= 4 is 11.6 Å². The van der Waals surface area contributed by atoms with Crippen molar-refractivity contribution in [2.24, 2.45) is 0 Å². The molecule has 0 aliphatic carbocycles. The Morgan fingerprint density at radius 2 is 1.86 bits per heavy atom. The van der Waals surface area contributed by atoms with Crippen LogP contribution >= 0.6 is 0 Å². The summed E-state index contributed by atoms with van der Waals surface area (Å²) < 4.78 is 5.38. The molecule has 1 aliphatic rings. The van der Waals surface area contributed by atoms with Crippen LogP contribution in [0.5, 0.6) is 5.75 Å². The molecule has 22 heavy (non-hydrogen) atoms. The van der Waals surface area contributed by atoms with E-state index in [0.29, 0.717) is 18.8 Å². The Kier molecular flexibility index (Phi) is 3.86. The van der Waals surface area contributed by atoms with Crippen LogP contribution in [-0.2, 0) is 0 Å². The van der Waals surface area contributed by atoms with Crippen molar-refractivity contribution < 1.29 is 9.53 Å². The van der Waals surface area contributed by atoms with Gasteiger partial charge in [-0.25, -0.2) is 0 Å². The Hall–Kier alpha value is -2.70. The number of hydrogen-bond acceptors (Lipinski definition) is 4. The van der Waals surface area contributed by atoms with Gasteiger partial charge in [0, 0.05) is 32.2 Å². The number of benzene rings is 1. The van der Waals surface area contributed by atoms with Gasteiger partial charge in [-0.3, -0.25) is 19.8 Å². The molecule has 7 heteroatoms. The molecular weight excluding hydrogens is 284 g/mol. The summed E-state index contributed by atoms with van der Waals surface area (Å²) in [5, 5.41) is 4.98. The minimum atomic E-state index is -0.295. The van der Waals surface area contributed by atoms with Crippen molar-refractivity contribution in [2.45, 2.75) is 0 Å². The highest BCUT2D eigenvalue weighted by molar-refractivity contribution is 5.92. The third-order valence-electron chi connectivity index (χ3n) is 3.82. The van der Waals surface area contributed by atoms with E-state index in [-0.39, 0.29) is 11.5 Å². The zero-order chi connectivity index (χ0) is 15.5. The number of nitrogens with zero attached hydrogens (tertiary/aromatic N) is 2. The Bertz CT molecular complexity index is 713. The fraction of sp³-hybridized carbons (Fsp3) is 0.333. The van der Waals surface area contributed by atoms with Gasteiger partial charge in [0.2, 0.25) is 0 Å². The molecule has 1 aliphatic heterocycles. The summed E-state index contributed by atoms with van der Waals surface area (Å²) in [4.78, 5) is 27.3. The lowest BCUT2D eigenvalue weighted by Gasteiger charge is -2.36. The van der Waals surface area contributed by atoms with Crippen molar-refractivity contribution in [2.75, 3.05) is 38.2 Å². The molecule has 1 amide bonds. The second-order valence-electron chi connectivity index (χ2n) is 5.12. The smallest absolute Gasteiger partial charge is 0.272 e. The molecule has 1 aromatic carbocycles. The van der Waals surface area contributed by atoms with E-state index in [2.05, 4.69) is 15.1 Å². The molecule has 7 nitrogen and oxygen atoms in total. The van der Waals surface area contributed by atoms with Gasteiger partial charge in [0.25, 0.3) is 11.5 Å². The van der Waals surface area contributed by atoms with Gasteiger partial charge in [0.05, 0.1) is 12.8 Å². The van der Waals surface area contributed by atoms with Crippen LogP contribution in [0.4, 0.5) is 5.69 Å². The quantitative estimate of drug-likeness (QED) is 0.873. The van der Waals surface area contributed by atoms with Crippen molar-refractivity contribution in [3.8, 4) is 5.75 Å². The molecule has 2 aromatic rings. The molecule has 0 atom stereocenters. The van der Waals surface area contributed by atoms with E-state index in [1.165, 1.54) is 6.07 Å². The van der Waals surface area contributed by atoms with E-state index in [9.17, 15) is 9.59 Å². The Balaban J connectivity index is 1.67. The van der Waals surface area contributed by atoms with E-state index in [0.717, 1.165) is 24.5 Å². The van der Waals surface area contributed by atoms with Crippen LogP contribution in [0.3, 0.4) is 0 Å². The lowest BCUT2D eigenvalue weighted by molar-refractivity contribution is 0.0740. The summed E-state index contributed by atoms with van der Waals surface area (Å²) >= 11 is 0. The van der Waals surface area contributed by atoms with Crippen molar-refractivity contribution in [3.63, 3.8) is 0 Å². The normalized spacial score (nSPS) is 15.0. The van der Waals surface area contributed by atoms with E-state index in [1.807, 2.05) is 24.3 Å². The minimum absolute atomic E-state index is 0.155. The summed E-state index contributed by atoms with van der Waals surface area (Å²) in [5.41, 5.74) is 1.04. The molecule has 116 valence electrons. The third-order valence-corrected chi connectivity index (χ3v) is 3.82. The van der Waals surface area contributed by atoms with Crippen molar-refractivity contribution in [1.29, 1.82) is 0 Å². The second kappa shape index (κ2) is 5.97. The first-order chi connectivity index (χ1) is 10.7. The number of hydrogen-bond donors (Lipinski definition) is 2. The maximum absolute atomic E-state index is 12.3. The van der Waals surface area contributed by atoms with Crippen LogP contribution in [0.1, 0.15) is 10.5 Å². The average Bonchev–Trinajstić information content (AvgIpc) is 3.01. The number of carbonyl (C=O) groups is 1. The van der Waals surface area contributed by atoms with E-state index < -0.39 is 0 Å². The van der Waals surface area contributed by atoms with E-state index >= 15 is 0 Å². The zero-order valence-corrected chi connectivity index (χ0v) is 12.3. The molecule has 0 bridgehead atoms. The summed E-state index contributed by atoms with van der Waals surface area (Å²) in [6.07, 6.45) is 0. The Morgan fingerprint density at radius 1 is 1.14 bits per heavy atom. The number of para-hydroxylation sites is 2. The minimum Gasteiger partial charge on any atom is -0.495 e. The lowest BCUT2D eigenvalue weighted by atomic mass is 10.2. The van der Waals surface area contributed by atoms with Gasteiger partial charge in [0.15, 0.2) is 0 Å². The molecule has 0 unspecified atom stereocenters. The van der Waals surface area contributed by atoms with Gasteiger partial charge >= 0.3 is 0 Å². The topological polar surface area (TPSA) is 81.4 Å². The summed E-state index contributed by atoms with van der Waals surface area (Å²) in [5.74, 6) is 0.676. The number of nitrogens with one attached hydrogen (secondary N) is 2. The monoisotopic (exact) mass is 302 g/mol. The Morgan fingerprint density at radius 3 is 2.50 bits per heavy atom. The molecule has 1 saturated heterocycles. The average molecular weight is 302 g/mol. The number of rotatable bonds is 3. The van der Waals surface area contributed by atoms with Crippen LogP contribution < -0.4 is 15.2 Å². The highest BCUT2D eigenvalue weighted by Gasteiger charge is 2.24. The maximum atomic E-state index is 12.3. The SMILES string of the molecule is COc1ccccc1N1CCN(C(=O)c2cc(=O)[nH][nH]2)CC1. The standard InChI is InChI=1S/C15H18N4O3/c1-22-13-5-3-2-4-12(13)18-6-8-19(9-7-18)15(21)11-10-14(20)17-16-11/h2-5,10H,6-9H2,1H3,(H2,16,17,20). The summed E-state index contributed by atoms with van der Waals surface area (Å²) in [6.45, 7) is 2.65. The van der Waals surface area contributed by atoms with Gasteiger partial charge in [0.1, 0.15) is 11.4 Å². The van der Waals surface area contributed by atoms with Crippen molar-refractivity contribution in [1.82, 2.24) is 15.1 Å². The number of anilines is 1. The van der Waals surface area contributed by atoms with Gasteiger partial charge in [-0.2, -0.15) is 0 Å². The number of aromatic amines is 2. The van der Waals surface area contributed by atoms with Crippen LogP contribution in [-0.4, -0.2) is 54.3 Å². The first-order valence-electron chi connectivity index (χ1n) is 7.14. The van der Waals surface area contributed by atoms with E-state index in [4.69, 9.17) is 4.74 Å². The van der Waals surface area contributed by atoms with Gasteiger partial charge in [-0.05, 0) is 12.1 Å². The number of amides is 1. The predicted molar refractivity (Wildman–Crippen MR) is 82.5 cm³/mol. The van der Waals surface area contributed by atoms with Gasteiger partial charge in [-0.1, -0.05) is 12.1 Å². The fourth-order valence-electron chi connectivity index (χ4n) is 2.66. The lowest BCUT2D eigenvalue weighted by Crippen LogP contribution is -2.49. The molecular formula is C15H18N4O3. The highest BCUT2D eigenvalue weighted by atomic mass is 16.5. The third kappa shape index (κ3) is 2.69. The highest BCUT2D eigenvalue weighted by Crippen LogP contribution is 2.28. The van der Waals surface area contributed by atoms with Crippen molar-refractivity contribution in [3.05, 3.63) is 46.4 Å². The number of H-pyrrole nitrogens is 2. The summed E-state index contributed by atoms with van der Waals surface area (Å²) in [7, 11) is 1.65. The summed E-state index contributed by atoms with van der Waals surface area (Å²) in [6, 6.07) is 9.14. The number of ether oxygens (including phenoxy) is 1. The maximum Gasteiger partial charge on any atom is 0.272 e. The van der Waals surface area contributed by atoms with E-state index in [1.54, 1.807) is 12.0 Å². The fourth-order valence-corrected chi connectivity index (χ4v) is 2.66. The van der Waals surface area contributed by atoms with Crippen LogP contribution in [0.15, 0.2) is 35.1 Å². The molecule has 0 saturated carbocycles. The molecule has 3 rings (SSSR count). The van der Waals surface area contributed by atoms with Gasteiger partial charge < -0.3 is 14.5 Å². The molecule has 2 N–H and O–H groups in total. The first kappa shape index (κ1) is 14.2. The number of carbonyl (C=O) groups excluding carboxylic acids is 1. The zero-order valence-electron chi connectivity index (χ0n) is 12.3. The molecule has 0 spiro atoms. The molecule has 1 aromatic heterocycles.